The molecule has 0 saturated carbocycles. The van der Waals surface area contributed by atoms with Gasteiger partial charge in [0.2, 0.25) is 0 Å². The highest BCUT2D eigenvalue weighted by Gasteiger charge is 2.04. The van der Waals surface area contributed by atoms with E-state index >= 15 is 0 Å². The summed E-state index contributed by atoms with van der Waals surface area (Å²) in [5.41, 5.74) is 0. The zero-order valence-corrected chi connectivity index (χ0v) is 11.0. The molecule has 0 saturated heterocycles. The molecule has 0 bridgehead atoms. The number of aliphatic carboxylic acids is 1. The summed E-state index contributed by atoms with van der Waals surface area (Å²) in [5.74, 6) is -0.712. The van der Waals surface area contributed by atoms with Crippen LogP contribution in [0.5, 0.6) is 0 Å². The van der Waals surface area contributed by atoms with Gasteiger partial charge in [-0.3, -0.25) is 4.79 Å². The lowest BCUT2D eigenvalue weighted by molar-refractivity contribution is -0.137. The molecule has 5 heteroatoms. The topological polar surface area (TPSA) is 40.5 Å². The summed E-state index contributed by atoms with van der Waals surface area (Å²) in [5, 5.41) is 9.69. The van der Waals surface area contributed by atoms with Gasteiger partial charge in [-0.1, -0.05) is 0 Å². The number of halogens is 1. The Morgan fingerprint density at radius 3 is 2.80 bits per heavy atom. The Labute approximate surface area is 102 Å². The molecule has 0 unspecified atom stereocenters. The molecule has 1 heterocycles. The van der Waals surface area contributed by atoms with Crippen molar-refractivity contribution in [2.45, 2.75) is 19.3 Å². The lowest BCUT2D eigenvalue weighted by Crippen LogP contribution is -2.17. The van der Waals surface area contributed by atoms with Crippen molar-refractivity contribution in [3.8, 4) is 0 Å². The molecule has 0 spiro atoms. The minimum Gasteiger partial charge on any atom is -0.481 e. The third-order valence-electron chi connectivity index (χ3n) is 2.07. The fraction of sp³-hybridized carbons (Fsp3) is 0.500. The van der Waals surface area contributed by atoms with E-state index in [-0.39, 0.29) is 6.42 Å². The maximum absolute atomic E-state index is 10.3. The molecule has 0 aliphatic rings. The van der Waals surface area contributed by atoms with E-state index in [1.165, 1.54) is 5.00 Å². The van der Waals surface area contributed by atoms with Crippen molar-refractivity contribution in [2.75, 3.05) is 18.5 Å². The minimum atomic E-state index is -0.712. The Bertz CT molecular complexity index is 327. The lowest BCUT2D eigenvalue weighted by atomic mass is 10.2. The Hall–Kier alpha value is -0.550. The molecule has 1 rings (SSSR count). The normalized spacial score (nSPS) is 10.3. The van der Waals surface area contributed by atoms with E-state index in [9.17, 15) is 4.79 Å². The van der Waals surface area contributed by atoms with Gasteiger partial charge in [0.05, 0.1) is 8.79 Å². The fourth-order valence-corrected chi connectivity index (χ4v) is 2.59. The van der Waals surface area contributed by atoms with Crippen LogP contribution in [0.1, 0.15) is 19.3 Å². The van der Waals surface area contributed by atoms with Crippen LogP contribution >= 0.6 is 27.3 Å². The fourth-order valence-electron chi connectivity index (χ4n) is 1.25. The zero-order chi connectivity index (χ0) is 11.3. The average molecular weight is 292 g/mol. The molecule has 0 aliphatic heterocycles. The van der Waals surface area contributed by atoms with Crippen LogP contribution in [0, 0.1) is 0 Å². The van der Waals surface area contributed by atoms with Crippen molar-refractivity contribution in [1.82, 2.24) is 0 Å². The van der Waals surface area contributed by atoms with Gasteiger partial charge in [-0.25, -0.2) is 0 Å². The second-order valence-electron chi connectivity index (χ2n) is 3.35. The van der Waals surface area contributed by atoms with Crippen LogP contribution < -0.4 is 4.90 Å². The molecule has 15 heavy (non-hydrogen) atoms. The van der Waals surface area contributed by atoms with Crippen LogP contribution in [-0.2, 0) is 4.79 Å². The van der Waals surface area contributed by atoms with E-state index in [0.717, 1.165) is 23.2 Å². The highest BCUT2D eigenvalue weighted by atomic mass is 79.9. The van der Waals surface area contributed by atoms with Crippen molar-refractivity contribution in [1.29, 1.82) is 0 Å². The van der Waals surface area contributed by atoms with Crippen molar-refractivity contribution in [3.05, 3.63) is 15.9 Å². The number of carboxylic acid groups (broad SMARTS) is 1. The van der Waals surface area contributed by atoms with Gasteiger partial charge in [-0.05, 0) is 40.9 Å². The van der Waals surface area contributed by atoms with Crippen LogP contribution in [-0.4, -0.2) is 24.7 Å². The molecule has 1 N–H and O–H groups in total. The smallest absolute Gasteiger partial charge is 0.303 e. The Balaban J connectivity index is 2.24. The Morgan fingerprint density at radius 2 is 2.27 bits per heavy atom. The first kappa shape index (κ1) is 12.5. The summed E-state index contributed by atoms with van der Waals surface area (Å²) in [6.45, 7) is 0.903. The SMILES string of the molecule is CN(CCCCC(=O)O)c1ccc(Br)s1. The largest absolute Gasteiger partial charge is 0.481 e. The monoisotopic (exact) mass is 291 g/mol. The standard InChI is InChI=1S/C10H14BrNO2S/c1-12(7-3-2-4-10(13)14)9-6-5-8(11)15-9/h5-6H,2-4,7H2,1H3,(H,13,14). The maximum Gasteiger partial charge on any atom is 0.303 e. The summed E-state index contributed by atoms with van der Waals surface area (Å²) in [4.78, 5) is 12.4. The summed E-state index contributed by atoms with van der Waals surface area (Å²) in [6, 6.07) is 4.08. The summed E-state index contributed by atoms with van der Waals surface area (Å²) < 4.78 is 1.12. The number of unbranched alkanes of at least 4 members (excludes halogenated alkanes) is 1. The average Bonchev–Trinajstić information content (AvgIpc) is 2.59. The van der Waals surface area contributed by atoms with Gasteiger partial charge in [-0.2, -0.15) is 0 Å². The number of anilines is 1. The summed E-state index contributed by atoms with van der Waals surface area (Å²) >= 11 is 5.10. The second kappa shape index (κ2) is 6.12. The molecule has 1 aromatic rings. The van der Waals surface area contributed by atoms with E-state index in [2.05, 4.69) is 26.9 Å². The number of carboxylic acids is 1. The number of nitrogens with zero attached hydrogens (tertiary/aromatic N) is 1. The highest BCUT2D eigenvalue weighted by molar-refractivity contribution is 9.11. The molecule has 0 aromatic carbocycles. The predicted octanol–water partition coefficient (Wildman–Crippen LogP) is 3.20. The molecule has 0 radical (unpaired) electrons. The van der Waals surface area contributed by atoms with Crippen LogP contribution in [0.25, 0.3) is 0 Å². The first-order valence-corrected chi connectivity index (χ1v) is 6.39. The van der Waals surface area contributed by atoms with Crippen molar-refractivity contribution in [3.63, 3.8) is 0 Å². The number of hydrogen-bond acceptors (Lipinski definition) is 3. The van der Waals surface area contributed by atoms with Crippen molar-refractivity contribution >= 4 is 38.2 Å². The molecule has 1 aromatic heterocycles. The lowest BCUT2D eigenvalue weighted by Gasteiger charge is -2.16. The Morgan fingerprint density at radius 1 is 1.53 bits per heavy atom. The minimum absolute atomic E-state index is 0.266. The number of hydrogen-bond donors (Lipinski definition) is 1. The zero-order valence-electron chi connectivity index (χ0n) is 8.57. The molecule has 3 nitrogen and oxygen atoms in total. The van der Waals surface area contributed by atoms with Gasteiger partial charge >= 0.3 is 5.97 Å². The van der Waals surface area contributed by atoms with Gasteiger partial charge in [-0.15, -0.1) is 11.3 Å². The molecule has 0 atom stereocenters. The predicted molar refractivity (Wildman–Crippen MR) is 66.8 cm³/mol. The van der Waals surface area contributed by atoms with Crippen molar-refractivity contribution in [2.24, 2.45) is 0 Å². The molecular formula is C10H14BrNO2S. The van der Waals surface area contributed by atoms with Crippen LogP contribution in [0.4, 0.5) is 5.00 Å². The van der Waals surface area contributed by atoms with Gasteiger partial charge in [0.25, 0.3) is 0 Å². The maximum atomic E-state index is 10.3. The van der Waals surface area contributed by atoms with Crippen molar-refractivity contribution < 1.29 is 9.90 Å². The first-order chi connectivity index (χ1) is 7.09. The number of thiophene rings is 1. The molecule has 0 fully saturated rings. The van der Waals surface area contributed by atoms with E-state index in [1.807, 2.05) is 13.1 Å². The number of carbonyl (C=O) groups is 1. The van der Waals surface area contributed by atoms with Crippen LogP contribution in [0.2, 0.25) is 0 Å². The third-order valence-corrected chi connectivity index (χ3v) is 3.81. The third kappa shape index (κ3) is 4.66. The molecule has 0 amide bonds. The van der Waals surface area contributed by atoms with Gasteiger partial charge in [0, 0.05) is 20.0 Å². The summed E-state index contributed by atoms with van der Waals surface area (Å²) in [6.07, 6.45) is 1.92. The Kier molecular flexibility index (Phi) is 5.11. The van der Waals surface area contributed by atoms with Crippen LogP contribution in [0.15, 0.2) is 15.9 Å². The summed E-state index contributed by atoms with van der Waals surface area (Å²) in [7, 11) is 2.03. The molecular weight excluding hydrogens is 278 g/mol. The van der Waals surface area contributed by atoms with Crippen LogP contribution in [0.3, 0.4) is 0 Å². The molecule has 0 aliphatic carbocycles. The highest BCUT2D eigenvalue weighted by Crippen LogP contribution is 2.29. The van der Waals surface area contributed by atoms with E-state index in [4.69, 9.17) is 5.11 Å². The quantitative estimate of drug-likeness (QED) is 0.819. The van der Waals surface area contributed by atoms with Gasteiger partial charge in [0.1, 0.15) is 0 Å². The number of rotatable bonds is 6. The van der Waals surface area contributed by atoms with E-state index in [0.29, 0.717) is 0 Å². The van der Waals surface area contributed by atoms with Gasteiger partial charge in [0.15, 0.2) is 0 Å². The van der Waals surface area contributed by atoms with E-state index in [1.54, 1.807) is 11.3 Å². The first-order valence-electron chi connectivity index (χ1n) is 4.78. The second-order valence-corrected chi connectivity index (χ2v) is 5.79. The van der Waals surface area contributed by atoms with Gasteiger partial charge < -0.3 is 10.0 Å². The van der Waals surface area contributed by atoms with E-state index < -0.39 is 5.97 Å². The molecule has 84 valence electrons.